The number of piperidine rings is 1. The maximum absolute atomic E-state index is 12.7. The van der Waals surface area contributed by atoms with Crippen molar-refractivity contribution in [3.63, 3.8) is 0 Å². The Hall–Kier alpha value is -0.830. The molecule has 0 amide bonds. The van der Waals surface area contributed by atoms with Gasteiger partial charge in [-0.25, -0.2) is 12.7 Å². The quantitative estimate of drug-likeness (QED) is 0.884. The van der Waals surface area contributed by atoms with E-state index < -0.39 is 27.5 Å². The average molecular weight is 373 g/mol. The molecule has 1 aliphatic heterocycles. The first kappa shape index (κ1) is 20.2. The van der Waals surface area contributed by atoms with E-state index in [9.17, 15) is 21.6 Å². The summed E-state index contributed by atoms with van der Waals surface area (Å²) in [5.74, 6) is -0.419. The van der Waals surface area contributed by atoms with Crippen molar-refractivity contribution in [1.29, 1.82) is 0 Å². The van der Waals surface area contributed by atoms with Gasteiger partial charge in [-0.05, 0) is 37.6 Å². The van der Waals surface area contributed by atoms with Gasteiger partial charge in [0.25, 0.3) is 0 Å². The highest BCUT2D eigenvalue weighted by atomic mass is 35.5. The van der Waals surface area contributed by atoms with Crippen LogP contribution in [-0.4, -0.2) is 38.9 Å². The van der Waals surface area contributed by atoms with Crippen LogP contribution in [0.3, 0.4) is 0 Å². The summed E-state index contributed by atoms with van der Waals surface area (Å²) in [4.78, 5) is 0. The first-order valence-electron chi connectivity index (χ1n) is 7.03. The highest BCUT2D eigenvalue weighted by Gasteiger charge is 2.32. The summed E-state index contributed by atoms with van der Waals surface area (Å²) >= 11 is 0. The van der Waals surface area contributed by atoms with E-state index in [-0.39, 0.29) is 24.0 Å². The number of alkyl halides is 3. The number of nitrogens with zero attached hydrogens (tertiary/aromatic N) is 1. The molecule has 9 heteroatoms. The molecule has 23 heavy (non-hydrogen) atoms. The van der Waals surface area contributed by atoms with Crippen LogP contribution in [0.15, 0.2) is 24.3 Å². The van der Waals surface area contributed by atoms with Crippen molar-refractivity contribution in [2.24, 2.45) is 0 Å². The number of sulfonamides is 1. The summed E-state index contributed by atoms with van der Waals surface area (Å²) < 4.78 is 64.1. The second-order valence-corrected chi connectivity index (χ2v) is 7.48. The lowest BCUT2D eigenvalue weighted by atomic mass is 10.1. The zero-order valence-corrected chi connectivity index (χ0v) is 14.3. The van der Waals surface area contributed by atoms with Gasteiger partial charge in [-0.15, -0.1) is 12.4 Å². The zero-order valence-electron chi connectivity index (χ0n) is 12.6. The van der Waals surface area contributed by atoms with Crippen molar-refractivity contribution in [3.8, 4) is 0 Å². The number of hydrogen-bond acceptors (Lipinski definition) is 3. The fraction of sp³-hybridized carbons (Fsp3) is 0.571. The largest absolute Gasteiger partial charge is 0.416 e. The number of hydrogen-bond donors (Lipinski definition) is 1. The fourth-order valence-electron chi connectivity index (χ4n) is 2.55. The minimum Gasteiger partial charge on any atom is -0.317 e. The van der Waals surface area contributed by atoms with Crippen LogP contribution in [0, 0.1) is 0 Å². The maximum atomic E-state index is 12.7. The highest BCUT2D eigenvalue weighted by molar-refractivity contribution is 7.88. The molecule has 1 aliphatic rings. The van der Waals surface area contributed by atoms with Gasteiger partial charge in [-0.1, -0.05) is 18.2 Å². The van der Waals surface area contributed by atoms with Gasteiger partial charge in [0.2, 0.25) is 10.0 Å². The van der Waals surface area contributed by atoms with Crippen molar-refractivity contribution >= 4 is 22.4 Å². The third kappa shape index (κ3) is 5.34. The maximum Gasteiger partial charge on any atom is 0.416 e. The third-order valence-corrected chi connectivity index (χ3v) is 5.74. The predicted octanol–water partition coefficient (Wildman–Crippen LogP) is 2.64. The number of nitrogens with one attached hydrogen (secondary N) is 1. The van der Waals surface area contributed by atoms with Crippen molar-refractivity contribution < 1.29 is 21.6 Å². The smallest absolute Gasteiger partial charge is 0.317 e. The first-order chi connectivity index (χ1) is 10.2. The molecule has 132 valence electrons. The number of benzene rings is 1. The molecule has 0 atom stereocenters. The van der Waals surface area contributed by atoms with E-state index >= 15 is 0 Å². The third-order valence-electron chi connectivity index (χ3n) is 3.87. The van der Waals surface area contributed by atoms with E-state index in [4.69, 9.17) is 0 Å². The molecule has 1 aromatic rings. The van der Waals surface area contributed by atoms with Crippen LogP contribution in [0.1, 0.15) is 24.0 Å². The topological polar surface area (TPSA) is 49.4 Å². The van der Waals surface area contributed by atoms with E-state index in [1.807, 2.05) is 0 Å². The molecule has 0 saturated carbocycles. The molecule has 1 aromatic carbocycles. The molecule has 0 aliphatic carbocycles. The number of rotatable bonds is 4. The lowest BCUT2D eigenvalue weighted by Gasteiger charge is -2.30. The lowest BCUT2D eigenvalue weighted by molar-refractivity contribution is -0.137. The monoisotopic (exact) mass is 372 g/mol. The second kappa shape index (κ2) is 7.83. The predicted molar refractivity (Wildman–Crippen MR) is 85.0 cm³/mol. The molecule has 0 unspecified atom stereocenters. The fourth-order valence-corrected chi connectivity index (χ4v) is 4.02. The standard InChI is InChI=1S/C14H19F3N2O2S.ClH/c1-19(13-5-7-18-8-6-13)22(20,21)10-11-3-2-4-12(9-11)14(15,16)17;/h2-4,9,13,18H,5-8,10H2,1H3;1H. The van der Waals surface area contributed by atoms with E-state index in [0.29, 0.717) is 12.8 Å². The van der Waals surface area contributed by atoms with Crippen molar-refractivity contribution in [2.75, 3.05) is 20.1 Å². The van der Waals surface area contributed by atoms with Gasteiger partial charge in [0, 0.05) is 13.1 Å². The summed E-state index contributed by atoms with van der Waals surface area (Å²) in [6, 6.07) is 4.37. The average Bonchev–Trinajstić information content (AvgIpc) is 2.46. The summed E-state index contributed by atoms with van der Waals surface area (Å²) in [5, 5.41) is 3.15. The van der Waals surface area contributed by atoms with Crippen molar-refractivity contribution in [2.45, 2.75) is 30.8 Å². The van der Waals surface area contributed by atoms with Gasteiger partial charge in [-0.2, -0.15) is 13.2 Å². The summed E-state index contributed by atoms with van der Waals surface area (Å²) in [6.45, 7) is 1.49. The number of halogens is 4. The SMILES string of the molecule is CN(C1CCNCC1)S(=O)(=O)Cc1cccc(C(F)(F)F)c1.Cl. The normalized spacial score (nSPS) is 17.1. The van der Waals surface area contributed by atoms with Gasteiger partial charge in [0.15, 0.2) is 0 Å². The van der Waals surface area contributed by atoms with Gasteiger partial charge in [0.05, 0.1) is 11.3 Å². The molecule has 0 aromatic heterocycles. The Morgan fingerprint density at radius 3 is 2.43 bits per heavy atom. The van der Waals surface area contributed by atoms with Crippen LogP contribution in [0.4, 0.5) is 13.2 Å². The van der Waals surface area contributed by atoms with Crippen molar-refractivity contribution in [3.05, 3.63) is 35.4 Å². The Morgan fingerprint density at radius 2 is 1.87 bits per heavy atom. The molecule has 1 fully saturated rings. The van der Waals surface area contributed by atoms with Crippen molar-refractivity contribution in [1.82, 2.24) is 9.62 Å². The molecule has 4 nitrogen and oxygen atoms in total. The van der Waals surface area contributed by atoms with Crippen LogP contribution in [0.25, 0.3) is 0 Å². The van der Waals surface area contributed by atoms with Crippen LogP contribution in [0.5, 0.6) is 0 Å². The molecule has 0 radical (unpaired) electrons. The Labute approximate surface area is 140 Å². The van der Waals surface area contributed by atoms with E-state index in [1.54, 1.807) is 0 Å². The van der Waals surface area contributed by atoms with Crippen LogP contribution in [0.2, 0.25) is 0 Å². The molecule has 1 heterocycles. The second-order valence-electron chi connectivity index (χ2n) is 5.45. The van der Waals surface area contributed by atoms with Crippen LogP contribution >= 0.6 is 12.4 Å². The van der Waals surface area contributed by atoms with Gasteiger partial charge >= 0.3 is 6.18 Å². The molecule has 1 N–H and O–H groups in total. The minimum atomic E-state index is -4.47. The minimum absolute atomic E-state index is 0. The van der Waals surface area contributed by atoms with Gasteiger partial charge < -0.3 is 5.32 Å². The zero-order chi connectivity index (χ0) is 16.4. The first-order valence-corrected chi connectivity index (χ1v) is 8.63. The van der Waals surface area contributed by atoms with Crippen LogP contribution in [-0.2, 0) is 22.0 Å². The lowest BCUT2D eigenvalue weighted by Crippen LogP contribution is -2.44. The summed E-state index contributed by atoms with van der Waals surface area (Å²) in [6.07, 6.45) is -3.06. The Morgan fingerprint density at radius 1 is 1.26 bits per heavy atom. The van der Waals surface area contributed by atoms with Crippen LogP contribution < -0.4 is 5.32 Å². The summed E-state index contributed by atoms with van der Waals surface area (Å²) in [7, 11) is -2.14. The van der Waals surface area contributed by atoms with Gasteiger partial charge in [-0.3, -0.25) is 0 Å². The van der Waals surface area contributed by atoms with E-state index in [1.165, 1.54) is 23.5 Å². The molecule has 0 bridgehead atoms. The Balaban J connectivity index is 0.00000264. The molecular weight excluding hydrogens is 353 g/mol. The molecule has 2 rings (SSSR count). The molecule has 1 saturated heterocycles. The molecular formula is C14H20ClF3N2O2S. The highest BCUT2D eigenvalue weighted by Crippen LogP contribution is 2.30. The Kier molecular flexibility index (Phi) is 6.88. The molecule has 0 spiro atoms. The Bertz CT molecular complexity index is 617. The van der Waals surface area contributed by atoms with E-state index in [0.717, 1.165) is 25.2 Å². The summed E-state index contributed by atoms with van der Waals surface area (Å²) in [5.41, 5.74) is -0.680. The van der Waals surface area contributed by atoms with Gasteiger partial charge in [0.1, 0.15) is 0 Å². The van der Waals surface area contributed by atoms with E-state index in [2.05, 4.69) is 5.32 Å².